The van der Waals surface area contributed by atoms with Crippen molar-refractivity contribution in [1.82, 2.24) is 25.3 Å². The lowest BCUT2D eigenvalue weighted by molar-refractivity contribution is 0.0956. The molecule has 5 rings (SSSR count). The van der Waals surface area contributed by atoms with Crippen molar-refractivity contribution >= 4 is 44.6 Å². The Morgan fingerprint density at radius 2 is 2.10 bits per heavy atom. The van der Waals surface area contributed by atoms with Gasteiger partial charge in [-0.1, -0.05) is 6.07 Å². The van der Waals surface area contributed by atoms with Gasteiger partial charge >= 0.3 is 0 Å². The second-order valence-corrected chi connectivity index (χ2v) is 8.82. The van der Waals surface area contributed by atoms with Gasteiger partial charge in [0, 0.05) is 48.7 Å². The van der Waals surface area contributed by atoms with E-state index in [0.717, 1.165) is 40.4 Å². The lowest BCUT2D eigenvalue weighted by Crippen LogP contribution is -2.37. The number of hydrogen-bond donors (Lipinski definition) is 1. The summed E-state index contributed by atoms with van der Waals surface area (Å²) < 4.78 is 5.52. The van der Waals surface area contributed by atoms with Gasteiger partial charge in [-0.05, 0) is 12.1 Å². The van der Waals surface area contributed by atoms with E-state index in [9.17, 15) is 4.79 Å². The zero-order valence-electron chi connectivity index (χ0n) is 16.7. The molecular formula is C21H20N6O2S2. The highest BCUT2D eigenvalue weighted by molar-refractivity contribution is 7.17. The number of morpholine rings is 1. The molecule has 1 aliphatic heterocycles. The van der Waals surface area contributed by atoms with Gasteiger partial charge in [0.15, 0.2) is 5.82 Å². The predicted molar refractivity (Wildman–Crippen MR) is 122 cm³/mol. The number of thiophene rings is 1. The Balaban J connectivity index is 1.49. The molecule has 4 aromatic heterocycles. The second kappa shape index (κ2) is 9.04. The van der Waals surface area contributed by atoms with E-state index >= 15 is 0 Å². The minimum absolute atomic E-state index is 0.112. The van der Waals surface area contributed by atoms with Crippen LogP contribution in [0.25, 0.3) is 21.7 Å². The molecule has 5 heterocycles. The maximum Gasteiger partial charge on any atom is 0.252 e. The van der Waals surface area contributed by atoms with Gasteiger partial charge in [0.25, 0.3) is 5.91 Å². The lowest BCUT2D eigenvalue weighted by Gasteiger charge is -2.28. The van der Waals surface area contributed by atoms with Crippen LogP contribution in [0, 0.1) is 0 Å². The summed E-state index contributed by atoms with van der Waals surface area (Å²) in [6.07, 6.45) is 4.32. The molecule has 0 unspecified atom stereocenters. The van der Waals surface area contributed by atoms with E-state index in [-0.39, 0.29) is 5.91 Å². The first-order valence-corrected chi connectivity index (χ1v) is 11.7. The number of thiazole rings is 1. The minimum Gasteiger partial charge on any atom is -0.378 e. The Hall–Kier alpha value is -2.95. The zero-order valence-corrected chi connectivity index (χ0v) is 18.3. The number of anilines is 1. The molecule has 1 fully saturated rings. The van der Waals surface area contributed by atoms with Gasteiger partial charge in [-0.2, -0.15) is 0 Å². The fraction of sp³-hybridized carbons (Fsp3) is 0.286. The van der Waals surface area contributed by atoms with Gasteiger partial charge in [0.1, 0.15) is 16.3 Å². The smallest absolute Gasteiger partial charge is 0.252 e. The van der Waals surface area contributed by atoms with Crippen molar-refractivity contribution in [3.8, 4) is 11.5 Å². The Kier molecular flexibility index (Phi) is 5.83. The largest absolute Gasteiger partial charge is 0.378 e. The molecule has 0 aromatic carbocycles. The summed E-state index contributed by atoms with van der Waals surface area (Å²) in [7, 11) is 0. The zero-order chi connectivity index (χ0) is 21.0. The average molecular weight is 453 g/mol. The molecule has 4 aromatic rings. The number of pyridine rings is 1. The summed E-state index contributed by atoms with van der Waals surface area (Å²) in [6, 6.07) is 5.68. The number of amides is 1. The SMILES string of the molecule is O=C(NCCc1cncs1)c1csc2nc(-c3ccccn3)nc(N3CCOCC3)c12. The third kappa shape index (κ3) is 4.27. The Morgan fingerprint density at radius 1 is 1.19 bits per heavy atom. The summed E-state index contributed by atoms with van der Waals surface area (Å²) in [6.45, 7) is 3.25. The number of nitrogens with one attached hydrogen (secondary N) is 1. The summed E-state index contributed by atoms with van der Waals surface area (Å²) in [5.74, 6) is 1.22. The molecule has 10 heteroatoms. The summed E-state index contributed by atoms with van der Waals surface area (Å²) in [4.78, 5) is 35.2. The van der Waals surface area contributed by atoms with Crippen LogP contribution >= 0.6 is 22.7 Å². The number of rotatable bonds is 6. The third-order valence-electron chi connectivity index (χ3n) is 5.00. The topological polar surface area (TPSA) is 93.1 Å². The quantitative estimate of drug-likeness (QED) is 0.481. The Morgan fingerprint density at radius 3 is 2.87 bits per heavy atom. The molecule has 1 aliphatic rings. The van der Waals surface area contributed by atoms with Gasteiger partial charge in [0.05, 0.1) is 29.7 Å². The summed E-state index contributed by atoms with van der Waals surface area (Å²) in [5, 5.41) is 5.69. The van der Waals surface area contributed by atoms with Crippen molar-refractivity contribution in [2.75, 3.05) is 37.7 Å². The van der Waals surface area contributed by atoms with Gasteiger partial charge in [-0.25, -0.2) is 9.97 Å². The molecule has 8 nitrogen and oxygen atoms in total. The summed E-state index contributed by atoms with van der Waals surface area (Å²) >= 11 is 3.05. The van der Waals surface area contributed by atoms with Crippen LogP contribution in [0.4, 0.5) is 5.82 Å². The van der Waals surface area contributed by atoms with Crippen LogP contribution in [0.3, 0.4) is 0 Å². The maximum absolute atomic E-state index is 13.0. The van der Waals surface area contributed by atoms with Crippen LogP contribution in [0.15, 0.2) is 41.5 Å². The lowest BCUT2D eigenvalue weighted by atomic mass is 10.2. The van der Waals surface area contributed by atoms with Crippen molar-refractivity contribution in [3.05, 3.63) is 51.9 Å². The van der Waals surface area contributed by atoms with Crippen molar-refractivity contribution in [2.45, 2.75) is 6.42 Å². The number of fused-ring (bicyclic) bond motifs is 1. The van der Waals surface area contributed by atoms with Crippen LogP contribution in [-0.4, -0.2) is 58.7 Å². The normalized spacial score (nSPS) is 14.1. The molecule has 31 heavy (non-hydrogen) atoms. The molecule has 0 bridgehead atoms. The molecule has 0 saturated carbocycles. The number of carbonyl (C=O) groups is 1. The van der Waals surface area contributed by atoms with Crippen LogP contribution in [0.2, 0.25) is 0 Å². The maximum atomic E-state index is 13.0. The van der Waals surface area contributed by atoms with E-state index in [1.54, 1.807) is 23.0 Å². The Bertz CT molecular complexity index is 1170. The fourth-order valence-corrected chi connectivity index (χ4v) is 4.98. The highest BCUT2D eigenvalue weighted by atomic mass is 32.1. The van der Waals surface area contributed by atoms with Gasteiger partial charge < -0.3 is 15.0 Å². The van der Waals surface area contributed by atoms with E-state index < -0.39 is 0 Å². The molecule has 1 saturated heterocycles. The number of nitrogens with zero attached hydrogens (tertiary/aromatic N) is 5. The van der Waals surface area contributed by atoms with E-state index in [2.05, 4.69) is 20.2 Å². The van der Waals surface area contributed by atoms with E-state index in [1.165, 1.54) is 11.3 Å². The molecule has 1 amide bonds. The minimum atomic E-state index is -0.112. The third-order valence-corrected chi connectivity index (χ3v) is 6.72. The predicted octanol–water partition coefficient (Wildman–Crippen LogP) is 3.02. The highest BCUT2D eigenvalue weighted by Crippen LogP contribution is 2.34. The van der Waals surface area contributed by atoms with Crippen LogP contribution < -0.4 is 10.2 Å². The van der Waals surface area contributed by atoms with Crippen LogP contribution in [-0.2, 0) is 11.2 Å². The first-order valence-electron chi connectivity index (χ1n) is 9.98. The molecule has 0 aliphatic carbocycles. The second-order valence-electron chi connectivity index (χ2n) is 6.99. The fourth-order valence-electron chi connectivity index (χ4n) is 3.46. The Labute approximate surface area is 187 Å². The van der Waals surface area contributed by atoms with Crippen LogP contribution in [0.5, 0.6) is 0 Å². The van der Waals surface area contributed by atoms with Gasteiger partial charge in [-0.15, -0.1) is 22.7 Å². The summed E-state index contributed by atoms with van der Waals surface area (Å²) in [5.41, 5.74) is 3.12. The van der Waals surface area contributed by atoms with Crippen molar-refractivity contribution in [3.63, 3.8) is 0 Å². The molecule has 158 valence electrons. The van der Waals surface area contributed by atoms with E-state index in [0.29, 0.717) is 36.8 Å². The van der Waals surface area contributed by atoms with Crippen LogP contribution in [0.1, 0.15) is 15.2 Å². The standard InChI is InChI=1S/C21H20N6O2S2/c28-20(24-6-4-14-11-22-13-31-14)15-12-30-21-17(15)19(27-7-9-29-10-8-27)25-18(26-21)16-3-1-2-5-23-16/h1-3,5,11-13H,4,6-10H2,(H,24,28). The number of ether oxygens (including phenoxy) is 1. The van der Waals surface area contributed by atoms with Gasteiger partial charge in [0.2, 0.25) is 0 Å². The molecule has 0 atom stereocenters. The molecule has 1 N–H and O–H groups in total. The first kappa shape index (κ1) is 20.0. The molecular weight excluding hydrogens is 432 g/mol. The monoisotopic (exact) mass is 452 g/mol. The van der Waals surface area contributed by atoms with Gasteiger partial charge in [-0.3, -0.25) is 14.8 Å². The molecule has 0 spiro atoms. The van der Waals surface area contributed by atoms with E-state index in [1.807, 2.05) is 29.8 Å². The number of aromatic nitrogens is 4. The van der Waals surface area contributed by atoms with Crippen molar-refractivity contribution in [2.24, 2.45) is 0 Å². The average Bonchev–Trinajstić information content (AvgIpc) is 3.49. The number of hydrogen-bond acceptors (Lipinski definition) is 9. The van der Waals surface area contributed by atoms with Crippen molar-refractivity contribution in [1.29, 1.82) is 0 Å². The highest BCUT2D eigenvalue weighted by Gasteiger charge is 2.24. The number of carbonyl (C=O) groups excluding carboxylic acids is 1. The first-order chi connectivity index (χ1) is 15.3. The van der Waals surface area contributed by atoms with E-state index in [4.69, 9.17) is 14.7 Å². The van der Waals surface area contributed by atoms with Crippen molar-refractivity contribution < 1.29 is 9.53 Å². The molecule has 0 radical (unpaired) electrons.